The fourth-order valence-corrected chi connectivity index (χ4v) is 4.14. The zero-order valence-electron chi connectivity index (χ0n) is 14.0. The van der Waals surface area contributed by atoms with Gasteiger partial charge in [-0.05, 0) is 64.3 Å². The van der Waals surface area contributed by atoms with Crippen molar-refractivity contribution in [1.82, 2.24) is 9.38 Å². The molecular weight excluding hydrogens is 459 g/mol. The summed E-state index contributed by atoms with van der Waals surface area (Å²) in [5.74, 6) is -0.224. The Morgan fingerprint density at radius 3 is 2.58 bits per heavy atom. The molecule has 130 valence electrons. The van der Waals surface area contributed by atoms with Gasteiger partial charge in [-0.1, -0.05) is 40.2 Å². The lowest BCUT2D eigenvalue weighted by Gasteiger charge is -2.08. The molecule has 2 heterocycles. The molecule has 0 aliphatic rings. The highest BCUT2D eigenvalue weighted by molar-refractivity contribution is 9.10. The zero-order chi connectivity index (χ0) is 18.3. The molecule has 0 aliphatic carbocycles. The molecule has 0 fully saturated rings. The first-order valence-electron chi connectivity index (χ1n) is 8.19. The molecule has 26 heavy (non-hydrogen) atoms. The van der Waals surface area contributed by atoms with Gasteiger partial charge >= 0.3 is 0 Å². The molecule has 0 aliphatic heterocycles. The molecule has 2 nitrogen and oxygen atoms in total. The third kappa shape index (κ3) is 3.33. The van der Waals surface area contributed by atoms with Crippen LogP contribution in [-0.4, -0.2) is 9.38 Å². The average molecular weight is 474 g/mol. The fourth-order valence-electron chi connectivity index (χ4n) is 3.19. The van der Waals surface area contributed by atoms with Gasteiger partial charge in [-0.25, -0.2) is 9.37 Å². The number of nitrogens with zero attached hydrogens (tertiary/aromatic N) is 2. The second-order valence-electron chi connectivity index (χ2n) is 6.26. The zero-order valence-corrected chi connectivity index (χ0v) is 17.2. The number of benzene rings is 2. The molecule has 4 rings (SSSR count). The standard InChI is InChI=1S/C21H15Br2FN2/c1-13-8-17(23)12-26-19(10-14-4-2-7-18(24)9-14)20(25-21(13)26)15-5-3-6-16(22)11-15/h2-9,11-12H,10H2,1H3. The maximum atomic E-state index is 13.7. The van der Waals surface area contributed by atoms with E-state index in [1.165, 1.54) is 6.07 Å². The summed E-state index contributed by atoms with van der Waals surface area (Å²) in [6.07, 6.45) is 2.61. The smallest absolute Gasteiger partial charge is 0.140 e. The van der Waals surface area contributed by atoms with Gasteiger partial charge in [-0.2, -0.15) is 0 Å². The predicted octanol–water partition coefficient (Wildman–Crippen LogP) is 6.56. The molecule has 0 radical (unpaired) electrons. The highest BCUT2D eigenvalue weighted by Crippen LogP contribution is 2.30. The van der Waals surface area contributed by atoms with Crippen LogP contribution in [-0.2, 0) is 6.42 Å². The predicted molar refractivity (Wildman–Crippen MR) is 110 cm³/mol. The minimum Gasteiger partial charge on any atom is -0.302 e. The van der Waals surface area contributed by atoms with Crippen LogP contribution in [0.3, 0.4) is 0 Å². The van der Waals surface area contributed by atoms with Crippen molar-refractivity contribution >= 4 is 37.5 Å². The van der Waals surface area contributed by atoms with Crippen molar-refractivity contribution in [3.8, 4) is 11.3 Å². The lowest BCUT2D eigenvalue weighted by atomic mass is 10.0. The largest absolute Gasteiger partial charge is 0.302 e. The van der Waals surface area contributed by atoms with Crippen molar-refractivity contribution in [3.63, 3.8) is 0 Å². The number of pyridine rings is 1. The topological polar surface area (TPSA) is 17.3 Å². The molecule has 0 saturated heterocycles. The van der Waals surface area contributed by atoms with Gasteiger partial charge in [0.2, 0.25) is 0 Å². The van der Waals surface area contributed by atoms with E-state index in [1.54, 1.807) is 12.1 Å². The molecule has 0 atom stereocenters. The Morgan fingerprint density at radius 2 is 1.81 bits per heavy atom. The van der Waals surface area contributed by atoms with Crippen LogP contribution in [0.2, 0.25) is 0 Å². The quantitative estimate of drug-likeness (QED) is 0.329. The Morgan fingerprint density at radius 1 is 1.00 bits per heavy atom. The van der Waals surface area contributed by atoms with E-state index in [0.717, 1.165) is 42.7 Å². The second kappa shape index (κ2) is 6.97. The van der Waals surface area contributed by atoms with Gasteiger partial charge in [0.05, 0.1) is 11.4 Å². The van der Waals surface area contributed by atoms with E-state index in [4.69, 9.17) is 4.98 Å². The normalized spacial score (nSPS) is 11.2. The van der Waals surface area contributed by atoms with Crippen molar-refractivity contribution in [2.45, 2.75) is 13.3 Å². The molecule has 2 aromatic carbocycles. The number of imidazole rings is 1. The van der Waals surface area contributed by atoms with Gasteiger partial charge in [-0.3, -0.25) is 0 Å². The van der Waals surface area contributed by atoms with Crippen LogP contribution in [0.5, 0.6) is 0 Å². The van der Waals surface area contributed by atoms with Gasteiger partial charge < -0.3 is 4.40 Å². The van der Waals surface area contributed by atoms with E-state index in [0.29, 0.717) is 6.42 Å². The molecule has 4 aromatic rings. The molecule has 0 bridgehead atoms. The average Bonchev–Trinajstić information content (AvgIpc) is 2.94. The fraction of sp³-hybridized carbons (Fsp3) is 0.0952. The number of hydrogen-bond donors (Lipinski definition) is 0. The highest BCUT2D eigenvalue weighted by Gasteiger charge is 2.17. The molecule has 0 unspecified atom stereocenters. The Bertz CT molecular complexity index is 1120. The molecule has 0 spiro atoms. The first-order valence-corrected chi connectivity index (χ1v) is 9.77. The SMILES string of the molecule is Cc1cc(Br)cn2c(Cc3cccc(F)c3)c(-c3cccc(Br)c3)nc12. The lowest BCUT2D eigenvalue weighted by Crippen LogP contribution is -1.98. The van der Waals surface area contributed by atoms with Gasteiger partial charge in [0.25, 0.3) is 0 Å². The van der Waals surface area contributed by atoms with Crippen LogP contribution < -0.4 is 0 Å². The molecular formula is C21H15Br2FN2. The van der Waals surface area contributed by atoms with Crippen LogP contribution in [0.25, 0.3) is 16.9 Å². The summed E-state index contributed by atoms with van der Waals surface area (Å²) in [5, 5.41) is 0. The van der Waals surface area contributed by atoms with E-state index in [1.807, 2.05) is 37.4 Å². The molecule has 5 heteroatoms. The van der Waals surface area contributed by atoms with E-state index < -0.39 is 0 Å². The highest BCUT2D eigenvalue weighted by atomic mass is 79.9. The number of fused-ring (bicyclic) bond motifs is 1. The van der Waals surface area contributed by atoms with Crippen LogP contribution in [0, 0.1) is 12.7 Å². The third-order valence-corrected chi connectivity index (χ3v) is 5.26. The van der Waals surface area contributed by atoms with Gasteiger partial charge in [-0.15, -0.1) is 0 Å². The molecule has 0 amide bonds. The molecule has 2 aromatic heterocycles. The van der Waals surface area contributed by atoms with Gasteiger partial charge in [0.1, 0.15) is 11.5 Å². The Balaban J connectivity index is 1.97. The van der Waals surface area contributed by atoms with Crippen molar-refractivity contribution in [2.24, 2.45) is 0 Å². The van der Waals surface area contributed by atoms with Crippen molar-refractivity contribution in [3.05, 3.63) is 92.4 Å². The lowest BCUT2D eigenvalue weighted by molar-refractivity contribution is 0.626. The summed E-state index contributed by atoms with van der Waals surface area (Å²) in [5.41, 5.74) is 5.89. The maximum Gasteiger partial charge on any atom is 0.140 e. The summed E-state index contributed by atoms with van der Waals surface area (Å²) in [6, 6.07) is 16.9. The number of hydrogen-bond acceptors (Lipinski definition) is 1. The first-order chi connectivity index (χ1) is 12.5. The summed E-state index contributed by atoms with van der Waals surface area (Å²) >= 11 is 7.11. The second-order valence-corrected chi connectivity index (χ2v) is 8.09. The van der Waals surface area contributed by atoms with Crippen molar-refractivity contribution in [2.75, 3.05) is 0 Å². The van der Waals surface area contributed by atoms with E-state index in [2.05, 4.69) is 48.4 Å². The Hall–Kier alpha value is -1.98. The molecule has 0 saturated carbocycles. The molecule has 0 N–H and O–H groups in total. The number of rotatable bonds is 3. The first kappa shape index (κ1) is 17.4. The van der Waals surface area contributed by atoms with Crippen LogP contribution in [0.15, 0.2) is 69.7 Å². The number of halogens is 3. The van der Waals surface area contributed by atoms with Crippen molar-refractivity contribution < 1.29 is 4.39 Å². The summed E-state index contributed by atoms with van der Waals surface area (Å²) in [7, 11) is 0. The monoisotopic (exact) mass is 472 g/mol. The van der Waals surface area contributed by atoms with Gasteiger partial charge in [0.15, 0.2) is 0 Å². The van der Waals surface area contributed by atoms with E-state index >= 15 is 0 Å². The third-order valence-electron chi connectivity index (χ3n) is 4.33. The van der Waals surface area contributed by atoms with E-state index in [-0.39, 0.29) is 5.82 Å². The van der Waals surface area contributed by atoms with Crippen LogP contribution in [0.1, 0.15) is 16.8 Å². The number of aryl methyl sites for hydroxylation is 1. The summed E-state index contributed by atoms with van der Waals surface area (Å²) in [4.78, 5) is 4.91. The van der Waals surface area contributed by atoms with Crippen LogP contribution in [0.4, 0.5) is 4.39 Å². The summed E-state index contributed by atoms with van der Waals surface area (Å²) in [6.45, 7) is 2.05. The van der Waals surface area contributed by atoms with Crippen LogP contribution >= 0.6 is 31.9 Å². The maximum absolute atomic E-state index is 13.7. The van der Waals surface area contributed by atoms with Gasteiger partial charge in [0, 0.05) is 27.1 Å². The summed E-state index contributed by atoms with van der Waals surface area (Å²) < 4.78 is 17.8. The Kier molecular flexibility index (Phi) is 4.67. The Labute approximate surface area is 168 Å². The van der Waals surface area contributed by atoms with Crippen molar-refractivity contribution in [1.29, 1.82) is 0 Å². The number of aromatic nitrogens is 2. The van der Waals surface area contributed by atoms with E-state index in [9.17, 15) is 4.39 Å². The minimum atomic E-state index is -0.224. The minimum absolute atomic E-state index is 0.224.